The van der Waals surface area contributed by atoms with E-state index in [1.54, 1.807) is 6.92 Å². The van der Waals surface area contributed by atoms with Gasteiger partial charge in [0.2, 0.25) is 0 Å². The van der Waals surface area contributed by atoms with Crippen molar-refractivity contribution in [2.24, 2.45) is 0 Å². The van der Waals surface area contributed by atoms with Gasteiger partial charge in [-0.3, -0.25) is 0 Å². The fraction of sp³-hybridized carbons (Fsp3) is 0.333. The molecule has 0 spiro atoms. The largest absolute Gasteiger partial charge is 0.419 e. The Morgan fingerprint density at radius 1 is 1.33 bits per heavy atom. The summed E-state index contributed by atoms with van der Waals surface area (Å²) in [5.41, 5.74) is -1.30. The number of hydrogen-bond acceptors (Lipinski definition) is 1. The predicted octanol–water partition coefficient (Wildman–Crippen LogP) is 3.50. The van der Waals surface area contributed by atoms with Gasteiger partial charge in [-0.2, -0.15) is 13.2 Å². The Bertz CT molecular complexity index is 311. The number of aliphatic hydroxyl groups is 1. The third-order valence-corrected chi connectivity index (χ3v) is 1.47. The minimum Gasteiger partial charge on any atom is -0.397 e. The Hall–Kier alpha value is -0.810. The molecule has 0 radical (unpaired) electrons. The number of rotatable bonds is 0. The lowest BCUT2D eigenvalue weighted by molar-refractivity contribution is -0.139. The summed E-state index contributed by atoms with van der Waals surface area (Å²) in [7, 11) is 0. The van der Waals surface area contributed by atoms with Gasteiger partial charge in [0.25, 0.3) is 0 Å². The second-order valence-corrected chi connectivity index (χ2v) is 2.87. The van der Waals surface area contributed by atoms with E-state index in [1.807, 2.05) is 0 Å². The standard InChI is InChI=1S/C7H3ClF4.C2H6O/c8-4-1-2-5(6(9)3-4)7(10,11)12;1-2-3/h1-3H;3H,2H2,1H3. The van der Waals surface area contributed by atoms with Crippen LogP contribution in [0.15, 0.2) is 18.2 Å². The minimum absolute atomic E-state index is 0.0551. The molecule has 6 heteroatoms. The summed E-state index contributed by atoms with van der Waals surface area (Å²) in [4.78, 5) is 0. The molecule has 0 aromatic heterocycles. The second kappa shape index (κ2) is 5.92. The van der Waals surface area contributed by atoms with E-state index in [0.717, 1.165) is 6.07 Å². The normalized spacial score (nSPS) is 10.6. The van der Waals surface area contributed by atoms with Gasteiger partial charge in [0.1, 0.15) is 5.82 Å². The number of alkyl halides is 3. The Morgan fingerprint density at radius 3 is 2.13 bits per heavy atom. The highest BCUT2D eigenvalue weighted by molar-refractivity contribution is 6.30. The van der Waals surface area contributed by atoms with Gasteiger partial charge in [-0.05, 0) is 25.1 Å². The van der Waals surface area contributed by atoms with Crippen LogP contribution in [0.5, 0.6) is 0 Å². The maximum atomic E-state index is 12.5. The minimum atomic E-state index is -4.66. The van der Waals surface area contributed by atoms with E-state index >= 15 is 0 Å². The Labute approximate surface area is 89.3 Å². The Morgan fingerprint density at radius 2 is 1.80 bits per heavy atom. The smallest absolute Gasteiger partial charge is 0.397 e. The number of hydrogen-bond donors (Lipinski definition) is 1. The molecule has 0 unspecified atom stereocenters. The molecule has 0 aliphatic rings. The summed E-state index contributed by atoms with van der Waals surface area (Å²) in [5, 5.41) is 7.51. The van der Waals surface area contributed by atoms with Crippen LogP contribution >= 0.6 is 11.6 Å². The molecule has 86 valence electrons. The van der Waals surface area contributed by atoms with E-state index in [1.165, 1.54) is 0 Å². The van der Waals surface area contributed by atoms with Crippen molar-refractivity contribution >= 4 is 11.6 Å². The molecule has 1 aromatic carbocycles. The first-order chi connectivity index (χ1) is 6.82. The van der Waals surface area contributed by atoms with E-state index in [2.05, 4.69) is 0 Å². The first-order valence-corrected chi connectivity index (χ1v) is 4.33. The van der Waals surface area contributed by atoms with Crippen molar-refractivity contribution < 1.29 is 22.7 Å². The average molecular weight is 245 g/mol. The van der Waals surface area contributed by atoms with Crippen LogP contribution in [0.2, 0.25) is 5.02 Å². The molecule has 1 N–H and O–H groups in total. The number of benzene rings is 1. The first kappa shape index (κ1) is 14.2. The van der Waals surface area contributed by atoms with E-state index in [0.29, 0.717) is 12.1 Å². The van der Waals surface area contributed by atoms with Crippen LogP contribution in [0.1, 0.15) is 12.5 Å². The molecule has 1 nitrogen and oxygen atoms in total. The predicted molar refractivity (Wildman–Crippen MR) is 49.2 cm³/mol. The molecule has 0 bridgehead atoms. The molecular formula is C9H9ClF4O. The van der Waals surface area contributed by atoms with Gasteiger partial charge in [-0.25, -0.2) is 4.39 Å². The summed E-state index contributed by atoms with van der Waals surface area (Å²) in [5.74, 6) is -1.35. The first-order valence-electron chi connectivity index (χ1n) is 3.96. The van der Waals surface area contributed by atoms with Gasteiger partial charge in [0, 0.05) is 11.6 Å². The molecule has 1 aromatic rings. The fourth-order valence-electron chi connectivity index (χ4n) is 0.719. The third kappa shape index (κ3) is 4.99. The number of aliphatic hydroxyl groups excluding tert-OH is 1. The zero-order chi connectivity index (χ0) is 12.1. The Balaban J connectivity index is 0.000000583. The van der Waals surface area contributed by atoms with Crippen LogP contribution in [-0.4, -0.2) is 11.7 Å². The van der Waals surface area contributed by atoms with Crippen LogP contribution in [-0.2, 0) is 6.18 Å². The molecule has 0 heterocycles. The lowest BCUT2D eigenvalue weighted by Gasteiger charge is -2.06. The zero-order valence-electron chi connectivity index (χ0n) is 7.78. The van der Waals surface area contributed by atoms with Crippen LogP contribution < -0.4 is 0 Å². The maximum Gasteiger partial charge on any atom is 0.419 e. The van der Waals surface area contributed by atoms with Gasteiger partial charge in [0.15, 0.2) is 0 Å². The molecule has 0 aliphatic heterocycles. The van der Waals surface area contributed by atoms with Crippen molar-refractivity contribution in [2.75, 3.05) is 6.61 Å². The monoisotopic (exact) mass is 244 g/mol. The van der Waals surface area contributed by atoms with E-state index in [4.69, 9.17) is 16.7 Å². The lowest BCUT2D eigenvalue weighted by Crippen LogP contribution is -2.07. The third-order valence-electron chi connectivity index (χ3n) is 1.24. The molecule has 0 saturated carbocycles. The summed E-state index contributed by atoms with van der Waals surface area (Å²) in [6, 6.07) is 2.23. The average Bonchev–Trinajstić information content (AvgIpc) is 2.02. The second-order valence-electron chi connectivity index (χ2n) is 2.44. The summed E-state index contributed by atoms with van der Waals surface area (Å²) in [6.07, 6.45) is -4.66. The van der Waals surface area contributed by atoms with Gasteiger partial charge in [-0.1, -0.05) is 11.6 Å². The quantitative estimate of drug-likeness (QED) is 0.693. The molecule has 0 atom stereocenters. The highest BCUT2D eigenvalue weighted by Gasteiger charge is 2.33. The molecule has 1 rings (SSSR count). The van der Waals surface area contributed by atoms with Gasteiger partial charge in [0.05, 0.1) is 5.56 Å². The van der Waals surface area contributed by atoms with Crippen LogP contribution in [0, 0.1) is 5.82 Å². The van der Waals surface area contributed by atoms with Crippen molar-refractivity contribution in [3.63, 3.8) is 0 Å². The van der Waals surface area contributed by atoms with Crippen molar-refractivity contribution in [1.29, 1.82) is 0 Å². The number of halogens is 5. The van der Waals surface area contributed by atoms with Crippen molar-refractivity contribution in [3.8, 4) is 0 Å². The van der Waals surface area contributed by atoms with E-state index < -0.39 is 17.6 Å². The van der Waals surface area contributed by atoms with Crippen molar-refractivity contribution in [1.82, 2.24) is 0 Å². The van der Waals surface area contributed by atoms with Crippen LogP contribution in [0.25, 0.3) is 0 Å². The van der Waals surface area contributed by atoms with Crippen molar-refractivity contribution in [2.45, 2.75) is 13.1 Å². The Kier molecular flexibility index (Phi) is 5.60. The summed E-state index contributed by atoms with van der Waals surface area (Å²) < 4.78 is 48.2. The fourth-order valence-corrected chi connectivity index (χ4v) is 0.878. The molecular weight excluding hydrogens is 236 g/mol. The van der Waals surface area contributed by atoms with E-state index in [-0.39, 0.29) is 11.6 Å². The lowest BCUT2D eigenvalue weighted by atomic mass is 10.2. The molecule has 0 amide bonds. The molecule has 0 saturated heterocycles. The maximum absolute atomic E-state index is 12.5. The molecule has 0 aliphatic carbocycles. The van der Waals surface area contributed by atoms with E-state index in [9.17, 15) is 17.6 Å². The molecule has 15 heavy (non-hydrogen) atoms. The van der Waals surface area contributed by atoms with Gasteiger partial charge >= 0.3 is 6.18 Å². The van der Waals surface area contributed by atoms with Gasteiger partial charge < -0.3 is 5.11 Å². The SMILES string of the molecule is CCO.Fc1cc(Cl)ccc1C(F)(F)F. The van der Waals surface area contributed by atoms with Crippen LogP contribution in [0.3, 0.4) is 0 Å². The molecule has 0 fully saturated rings. The summed E-state index contributed by atoms with van der Waals surface area (Å²) in [6.45, 7) is 1.93. The zero-order valence-corrected chi connectivity index (χ0v) is 8.53. The highest BCUT2D eigenvalue weighted by Crippen LogP contribution is 2.32. The van der Waals surface area contributed by atoms with Crippen molar-refractivity contribution in [3.05, 3.63) is 34.6 Å². The topological polar surface area (TPSA) is 20.2 Å². The highest BCUT2D eigenvalue weighted by atomic mass is 35.5. The van der Waals surface area contributed by atoms with Crippen LogP contribution in [0.4, 0.5) is 17.6 Å². The summed E-state index contributed by atoms with van der Waals surface area (Å²) >= 11 is 5.26. The van der Waals surface area contributed by atoms with Gasteiger partial charge in [-0.15, -0.1) is 0 Å².